The number of aryl methyl sites for hydroxylation is 2. The fourth-order valence-corrected chi connectivity index (χ4v) is 1.90. The first-order valence-electron chi connectivity index (χ1n) is 6.27. The van der Waals surface area contributed by atoms with Crippen LogP contribution in [0.2, 0.25) is 0 Å². The van der Waals surface area contributed by atoms with Crippen molar-refractivity contribution in [3.8, 4) is 0 Å². The Bertz CT molecular complexity index is 452. The molecule has 0 aliphatic rings. The number of amides is 2. The van der Waals surface area contributed by atoms with Gasteiger partial charge in [-0.3, -0.25) is 9.59 Å². The summed E-state index contributed by atoms with van der Waals surface area (Å²) in [6.07, 6.45) is 0. The van der Waals surface area contributed by atoms with Crippen molar-refractivity contribution in [3.05, 3.63) is 29.3 Å². The first kappa shape index (κ1) is 15.2. The maximum atomic E-state index is 11.8. The van der Waals surface area contributed by atoms with E-state index in [4.69, 9.17) is 5.11 Å². The fraction of sp³-hybridized carbons (Fsp3) is 0.429. The third-order valence-corrected chi connectivity index (χ3v) is 2.71. The Balaban J connectivity index is 2.75. The predicted octanol–water partition coefficient (Wildman–Crippen LogP) is 1.08. The number of aliphatic hydroxyl groups excluding tert-OH is 1. The predicted molar refractivity (Wildman–Crippen MR) is 73.9 cm³/mol. The molecule has 0 fully saturated rings. The molecule has 2 amide bonds. The van der Waals surface area contributed by atoms with E-state index < -0.39 is 11.8 Å². The second kappa shape index (κ2) is 6.89. The molecule has 1 aromatic rings. The highest BCUT2D eigenvalue weighted by Crippen LogP contribution is 2.13. The largest absolute Gasteiger partial charge is 0.395 e. The van der Waals surface area contributed by atoms with Crippen LogP contribution in [0.15, 0.2) is 18.2 Å². The molecule has 0 aliphatic heterocycles. The number of carbonyl (C=O) groups excluding carboxylic acids is 2. The number of benzene rings is 1. The van der Waals surface area contributed by atoms with Gasteiger partial charge in [0, 0.05) is 18.8 Å². The normalized spacial score (nSPS) is 10.1. The number of rotatable bonds is 4. The van der Waals surface area contributed by atoms with Crippen LogP contribution in [0.25, 0.3) is 0 Å². The number of anilines is 1. The van der Waals surface area contributed by atoms with Crippen molar-refractivity contribution in [2.45, 2.75) is 20.8 Å². The SMILES string of the molecule is CCN(CCO)C(=O)C(=O)Nc1cc(C)cc(C)c1. The standard InChI is InChI=1S/C14H20N2O3/c1-4-16(5-6-17)14(19)13(18)15-12-8-10(2)7-11(3)9-12/h7-9,17H,4-6H2,1-3H3,(H,15,18). The Kier molecular flexibility index (Phi) is 5.51. The Hall–Kier alpha value is -1.88. The molecule has 5 nitrogen and oxygen atoms in total. The Morgan fingerprint density at radius 3 is 2.26 bits per heavy atom. The van der Waals surface area contributed by atoms with E-state index >= 15 is 0 Å². The summed E-state index contributed by atoms with van der Waals surface area (Å²) >= 11 is 0. The van der Waals surface area contributed by atoms with Gasteiger partial charge < -0.3 is 15.3 Å². The van der Waals surface area contributed by atoms with Crippen molar-refractivity contribution in [1.29, 1.82) is 0 Å². The lowest BCUT2D eigenvalue weighted by molar-refractivity contribution is -0.143. The minimum atomic E-state index is -0.680. The molecule has 0 spiro atoms. The lowest BCUT2D eigenvalue weighted by Gasteiger charge is -2.18. The third-order valence-electron chi connectivity index (χ3n) is 2.71. The summed E-state index contributed by atoms with van der Waals surface area (Å²) in [4.78, 5) is 25.0. The molecule has 19 heavy (non-hydrogen) atoms. The number of hydrogen-bond acceptors (Lipinski definition) is 3. The molecule has 0 heterocycles. The van der Waals surface area contributed by atoms with Crippen molar-refractivity contribution in [3.63, 3.8) is 0 Å². The second-order valence-corrected chi connectivity index (χ2v) is 4.44. The quantitative estimate of drug-likeness (QED) is 0.800. The molecule has 5 heteroatoms. The zero-order chi connectivity index (χ0) is 14.4. The van der Waals surface area contributed by atoms with Crippen LogP contribution in [0.5, 0.6) is 0 Å². The topological polar surface area (TPSA) is 69.6 Å². The minimum absolute atomic E-state index is 0.156. The summed E-state index contributed by atoms with van der Waals surface area (Å²) in [6.45, 7) is 6.01. The molecule has 0 saturated heterocycles. The van der Waals surface area contributed by atoms with Gasteiger partial charge in [-0.25, -0.2) is 0 Å². The van der Waals surface area contributed by atoms with Crippen LogP contribution in [0, 0.1) is 13.8 Å². The first-order chi connectivity index (χ1) is 8.97. The summed E-state index contributed by atoms with van der Waals surface area (Å²) in [6, 6.07) is 5.60. The average Bonchev–Trinajstić information content (AvgIpc) is 2.33. The smallest absolute Gasteiger partial charge is 0.313 e. The Labute approximate surface area is 113 Å². The molecular formula is C14H20N2O3. The van der Waals surface area contributed by atoms with E-state index in [9.17, 15) is 9.59 Å². The average molecular weight is 264 g/mol. The molecule has 1 rings (SSSR count). The maximum absolute atomic E-state index is 11.8. The molecule has 0 saturated carbocycles. The number of nitrogens with zero attached hydrogens (tertiary/aromatic N) is 1. The highest BCUT2D eigenvalue weighted by Gasteiger charge is 2.20. The van der Waals surface area contributed by atoms with E-state index in [-0.39, 0.29) is 13.2 Å². The fourth-order valence-electron chi connectivity index (χ4n) is 1.90. The lowest BCUT2D eigenvalue weighted by Crippen LogP contribution is -2.41. The van der Waals surface area contributed by atoms with Gasteiger partial charge >= 0.3 is 11.8 Å². The lowest BCUT2D eigenvalue weighted by atomic mass is 10.1. The molecule has 104 valence electrons. The van der Waals surface area contributed by atoms with Crippen LogP contribution >= 0.6 is 0 Å². The summed E-state index contributed by atoms with van der Waals surface area (Å²) < 4.78 is 0. The van der Waals surface area contributed by atoms with Gasteiger partial charge in [0.05, 0.1) is 6.61 Å². The van der Waals surface area contributed by atoms with Gasteiger partial charge in [0.15, 0.2) is 0 Å². The van der Waals surface area contributed by atoms with Gasteiger partial charge in [-0.2, -0.15) is 0 Å². The van der Waals surface area contributed by atoms with Gasteiger partial charge in [0.2, 0.25) is 0 Å². The molecule has 1 aromatic carbocycles. The number of aliphatic hydroxyl groups is 1. The molecule has 2 N–H and O–H groups in total. The molecule has 0 bridgehead atoms. The summed E-state index contributed by atoms with van der Waals surface area (Å²) in [5, 5.41) is 11.4. The number of hydrogen-bond donors (Lipinski definition) is 2. The van der Waals surface area contributed by atoms with Gasteiger partial charge in [-0.1, -0.05) is 6.07 Å². The highest BCUT2D eigenvalue weighted by molar-refractivity contribution is 6.39. The first-order valence-corrected chi connectivity index (χ1v) is 6.27. The van der Waals surface area contributed by atoms with E-state index in [0.717, 1.165) is 11.1 Å². The summed E-state index contributed by atoms with van der Waals surface area (Å²) in [7, 11) is 0. The van der Waals surface area contributed by atoms with Crippen LogP contribution in [0.4, 0.5) is 5.69 Å². The van der Waals surface area contributed by atoms with E-state index in [1.54, 1.807) is 19.1 Å². The third kappa shape index (κ3) is 4.37. The van der Waals surface area contributed by atoms with E-state index in [1.165, 1.54) is 4.90 Å². The van der Waals surface area contributed by atoms with Crippen LogP contribution in [-0.4, -0.2) is 41.5 Å². The molecular weight excluding hydrogens is 244 g/mol. The van der Waals surface area contributed by atoms with Gasteiger partial charge in [-0.05, 0) is 44.0 Å². The molecule has 0 aromatic heterocycles. The maximum Gasteiger partial charge on any atom is 0.313 e. The number of carbonyl (C=O) groups is 2. The number of likely N-dealkylation sites (N-methyl/N-ethyl adjacent to an activating group) is 1. The highest BCUT2D eigenvalue weighted by atomic mass is 16.3. The van der Waals surface area contributed by atoms with Crippen molar-refractivity contribution >= 4 is 17.5 Å². The van der Waals surface area contributed by atoms with E-state index in [2.05, 4.69) is 5.32 Å². The minimum Gasteiger partial charge on any atom is -0.395 e. The monoisotopic (exact) mass is 264 g/mol. The Morgan fingerprint density at radius 1 is 1.21 bits per heavy atom. The molecule has 0 atom stereocenters. The van der Waals surface area contributed by atoms with Gasteiger partial charge in [-0.15, -0.1) is 0 Å². The van der Waals surface area contributed by atoms with E-state index in [1.807, 2.05) is 19.9 Å². The van der Waals surface area contributed by atoms with Crippen LogP contribution in [-0.2, 0) is 9.59 Å². The Morgan fingerprint density at radius 2 is 1.79 bits per heavy atom. The zero-order valence-corrected chi connectivity index (χ0v) is 11.6. The van der Waals surface area contributed by atoms with Crippen LogP contribution in [0.1, 0.15) is 18.1 Å². The summed E-state index contributed by atoms with van der Waals surface area (Å²) in [5.41, 5.74) is 2.65. The van der Waals surface area contributed by atoms with Crippen molar-refractivity contribution in [2.75, 3.05) is 25.0 Å². The molecule has 0 radical (unpaired) electrons. The van der Waals surface area contributed by atoms with Crippen LogP contribution < -0.4 is 5.32 Å². The van der Waals surface area contributed by atoms with Crippen LogP contribution in [0.3, 0.4) is 0 Å². The van der Waals surface area contributed by atoms with Crippen molar-refractivity contribution in [1.82, 2.24) is 4.90 Å². The van der Waals surface area contributed by atoms with Crippen molar-refractivity contribution in [2.24, 2.45) is 0 Å². The van der Waals surface area contributed by atoms with Crippen molar-refractivity contribution < 1.29 is 14.7 Å². The number of nitrogens with one attached hydrogen (secondary N) is 1. The molecule has 0 unspecified atom stereocenters. The van der Waals surface area contributed by atoms with Gasteiger partial charge in [0.1, 0.15) is 0 Å². The van der Waals surface area contributed by atoms with Gasteiger partial charge in [0.25, 0.3) is 0 Å². The zero-order valence-electron chi connectivity index (χ0n) is 11.6. The van der Waals surface area contributed by atoms with E-state index in [0.29, 0.717) is 12.2 Å². The molecule has 0 aliphatic carbocycles. The summed E-state index contributed by atoms with van der Waals surface area (Å²) in [5.74, 6) is -1.31. The second-order valence-electron chi connectivity index (χ2n) is 4.44.